The Morgan fingerprint density at radius 1 is 0.472 bits per heavy atom. The molecule has 1 unspecified atom stereocenters. The van der Waals surface area contributed by atoms with E-state index in [-0.39, 0.29) is 0 Å². The van der Waals surface area contributed by atoms with Crippen molar-refractivity contribution in [3.8, 4) is 45.3 Å². The zero-order valence-electron chi connectivity index (χ0n) is 29.0. The van der Waals surface area contributed by atoms with Crippen molar-refractivity contribution >= 4 is 22.4 Å². The summed E-state index contributed by atoms with van der Waals surface area (Å²) in [5.41, 5.74) is 15.8. The van der Waals surface area contributed by atoms with Crippen molar-refractivity contribution in [1.29, 1.82) is 0 Å². The van der Waals surface area contributed by atoms with Crippen LogP contribution in [0.1, 0.15) is 45.4 Å². The maximum Gasteiger partial charge on any atom is 0.164 e. The van der Waals surface area contributed by atoms with Crippen LogP contribution in [0, 0.1) is 0 Å². The summed E-state index contributed by atoms with van der Waals surface area (Å²) in [6.45, 7) is 0. The molecule has 0 radical (unpaired) electrons. The van der Waals surface area contributed by atoms with Crippen molar-refractivity contribution in [2.75, 3.05) is 0 Å². The minimum absolute atomic E-state index is 0.514. The second-order valence-corrected chi connectivity index (χ2v) is 14.2. The summed E-state index contributed by atoms with van der Waals surface area (Å²) in [5, 5.41) is 2.78. The van der Waals surface area contributed by atoms with E-state index in [4.69, 9.17) is 15.0 Å². The first-order chi connectivity index (χ1) is 26.3. The van der Waals surface area contributed by atoms with Crippen LogP contribution in [0.2, 0.25) is 0 Å². The maximum atomic E-state index is 5.04. The van der Waals surface area contributed by atoms with Gasteiger partial charge in [0.2, 0.25) is 0 Å². The van der Waals surface area contributed by atoms with Crippen LogP contribution in [0.3, 0.4) is 0 Å². The largest absolute Gasteiger partial charge is 0.208 e. The molecule has 0 saturated heterocycles. The Bertz CT molecular complexity index is 2740. The second-order valence-electron chi connectivity index (χ2n) is 14.2. The van der Waals surface area contributed by atoms with Gasteiger partial charge in [0.25, 0.3) is 0 Å². The molecule has 1 aromatic heterocycles. The Labute approximate surface area is 308 Å². The number of fused-ring (bicyclic) bond motifs is 4. The third-order valence-corrected chi connectivity index (χ3v) is 11.4. The molecule has 0 bridgehead atoms. The van der Waals surface area contributed by atoms with Gasteiger partial charge in [0.05, 0.1) is 5.41 Å². The fraction of sp³-hybridized carbons (Fsp3) is 0.0600. The molecule has 8 aromatic rings. The predicted molar refractivity (Wildman–Crippen MR) is 216 cm³/mol. The van der Waals surface area contributed by atoms with Crippen LogP contribution >= 0.6 is 0 Å². The molecule has 0 spiro atoms. The summed E-state index contributed by atoms with van der Waals surface area (Å²) in [5.74, 6) is 1.98. The maximum absolute atomic E-state index is 5.04. The van der Waals surface area contributed by atoms with E-state index in [2.05, 4.69) is 140 Å². The van der Waals surface area contributed by atoms with Gasteiger partial charge in [-0.25, -0.2) is 15.0 Å². The molecule has 248 valence electrons. The van der Waals surface area contributed by atoms with Crippen LogP contribution in [0.5, 0.6) is 0 Å². The fourth-order valence-corrected chi connectivity index (χ4v) is 9.15. The number of rotatable bonds is 5. The van der Waals surface area contributed by atoms with E-state index in [0.29, 0.717) is 17.5 Å². The Hall–Kier alpha value is -6.71. The van der Waals surface area contributed by atoms with Gasteiger partial charge >= 0.3 is 0 Å². The number of nitrogens with zero attached hydrogens (tertiary/aromatic N) is 3. The molecule has 0 saturated carbocycles. The van der Waals surface area contributed by atoms with E-state index in [1.165, 1.54) is 66.4 Å². The lowest BCUT2D eigenvalue weighted by atomic mass is 9.66. The highest BCUT2D eigenvalue weighted by atomic mass is 15.0. The molecule has 0 N–H and O–H groups in total. The lowest BCUT2D eigenvalue weighted by Gasteiger charge is -2.35. The number of hydrogen-bond donors (Lipinski definition) is 0. The van der Waals surface area contributed by atoms with Gasteiger partial charge in [0.1, 0.15) is 0 Å². The topological polar surface area (TPSA) is 38.7 Å². The first-order valence-electron chi connectivity index (χ1n) is 18.4. The average Bonchev–Trinajstić information content (AvgIpc) is 3.54. The second kappa shape index (κ2) is 11.7. The molecule has 3 aliphatic carbocycles. The lowest BCUT2D eigenvalue weighted by Crippen LogP contribution is -2.28. The van der Waals surface area contributed by atoms with Crippen molar-refractivity contribution in [2.45, 2.75) is 18.3 Å². The van der Waals surface area contributed by atoms with Crippen LogP contribution in [0.15, 0.2) is 170 Å². The van der Waals surface area contributed by atoms with Crippen molar-refractivity contribution in [3.63, 3.8) is 0 Å². The van der Waals surface area contributed by atoms with Gasteiger partial charge in [-0.2, -0.15) is 0 Å². The van der Waals surface area contributed by atoms with Gasteiger partial charge in [-0.05, 0) is 79.3 Å². The minimum Gasteiger partial charge on any atom is -0.208 e. The summed E-state index contributed by atoms with van der Waals surface area (Å²) in [7, 11) is 0. The van der Waals surface area contributed by atoms with Crippen LogP contribution in [0.25, 0.3) is 67.7 Å². The average molecular weight is 676 g/mol. The molecule has 0 aliphatic heterocycles. The summed E-state index contributed by atoms with van der Waals surface area (Å²) in [4.78, 5) is 15.0. The van der Waals surface area contributed by atoms with E-state index in [0.717, 1.165) is 29.5 Å². The number of hydrogen-bond acceptors (Lipinski definition) is 3. The summed E-state index contributed by atoms with van der Waals surface area (Å²) in [6, 6.07) is 56.7. The van der Waals surface area contributed by atoms with Crippen molar-refractivity contribution in [1.82, 2.24) is 15.0 Å². The lowest BCUT2D eigenvalue weighted by molar-refractivity contribution is 0.768. The molecule has 7 aromatic carbocycles. The molecule has 1 atom stereocenters. The van der Waals surface area contributed by atoms with Crippen LogP contribution < -0.4 is 0 Å². The first kappa shape index (κ1) is 30.0. The predicted octanol–water partition coefficient (Wildman–Crippen LogP) is 11.7. The Kier molecular flexibility index (Phi) is 6.59. The molecule has 3 aliphatic rings. The molecule has 3 heteroatoms. The summed E-state index contributed by atoms with van der Waals surface area (Å²) < 4.78 is 0. The first-order valence-corrected chi connectivity index (χ1v) is 18.4. The van der Waals surface area contributed by atoms with Crippen molar-refractivity contribution in [3.05, 3.63) is 209 Å². The van der Waals surface area contributed by atoms with Gasteiger partial charge in [-0.15, -0.1) is 0 Å². The summed E-state index contributed by atoms with van der Waals surface area (Å²) in [6.07, 6.45) is 9.01. The van der Waals surface area contributed by atoms with E-state index >= 15 is 0 Å². The Morgan fingerprint density at radius 2 is 1.06 bits per heavy atom. The van der Waals surface area contributed by atoms with E-state index < -0.39 is 5.41 Å². The monoisotopic (exact) mass is 675 g/mol. The molecule has 1 heterocycles. The SMILES string of the molecule is C1=Cc2ccc3c4c(cc5c3c2C(=CC5)C1)C(c1ccccc1)(c1ccc(-c2nc(-c3ccccc3)nc(-c3ccccc3)n2)cc1)c1ccccc1-4. The molecular formula is C50H33N3. The Morgan fingerprint density at radius 3 is 1.74 bits per heavy atom. The molecule has 53 heavy (non-hydrogen) atoms. The highest BCUT2D eigenvalue weighted by molar-refractivity contribution is 6.11. The number of benzene rings is 7. The molecule has 11 rings (SSSR count). The normalized spacial score (nSPS) is 16.3. The number of allylic oxidation sites excluding steroid dienone is 3. The van der Waals surface area contributed by atoms with Crippen LogP contribution in [-0.4, -0.2) is 15.0 Å². The third-order valence-electron chi connectivity index (χ3n) is 11.4. The van der Waals surface area contributed by atoms with Crippen LogP contribution in [0.4, 0.5) is 0 Å². The standard InChI is InChI=1S/C50H33N3/c1-4-13-34(14-5-1)47-51-48(35-15-6-2-7-16-35)53-49(52-47)36-25-28-39(29-26-36)50(38-19-8-3-9-20-38)42-22-11-10-21-40(42)46-41-30-27-33-18-12-17-32-23-24-37(31-43(46)50)45(41)44(32)33/h1-16,18-23,25-31H,17,24H2. The van der Waals surface area contributed by atoms with Gasteiger partial charge in [-0.3, -0.25) is 0 Å². The molecule has 3 nitrogen and oxygen atoms in total. The quantitative estimate of drug-likeness (QED) is 0.182. The van der Waals surface area contributed by atoms with Gasteiger partial charge < -0.3 is 0 Å². The van der Waals surface area contributed by atoms with E-state index in [1.54, 1.807) is 0 Å². The zero-order valence-corrected chi connectivity index (χ0v) is 29.0. The van der Waals surface area contributed by atoms with E-state index in [9.17, 15) is 0 Å². The molecule has 0 amide bonds. The highest BCUT2D eigenvalue weighted by Crippen LogP contribution is 2.59. The van der Waals surface area contributed by atoms with E-state index in [1.807, 2.05) is 36.4 Å². The zero-order chi connectivity index (χ0) is 34.9. The highest BCUT2D eigenvalue weighted by Gasteiger charge is 2.47. The van der Waals surface area contributed by atoms with Gasteiger partial charge in [-0.1, -0.05) is 176 Å². The number of aromatic nitrogens is 3. The fourth-order valence-electron chi connectivity index (χ4n) is 9.15. The Balaban J connectivity index is 1.14. The van der Waals surface area contributed by atoms with Gasteiger partial charge in [0.15, 0.2) is 17.5 Å². The van der Waals surface area contributed by atoms with Crippen LogP contribution in [-0.2, 0) is 11.8 Å². The van der Waals surface area contributed by atoms with Gasteiger partial charge in [0, 0.05) is 16.7 Å². The van der Waals surface area contributed by atoms with Crippen molar-refractivity contribution in [2.24, 2.45) is 0 Å². The van der Waals surface area contributed by atoms with Crippen molar-refractivity contribution < 1.29 is 0 Å². The third kappa shape index (κ3) is 4.44. The molecular weight excluding hydrogens is 643 g/mol. The molecule has 0 fully saturated rings. The minimum atomic E-state index is -0.514. The summed E-state index contributed by atoms with van der Waals surface area (Å²) >= 11 is 0. The smallest absolute Gasteiger partial charge is 0.164 e.